The van der Waals surface area contributed by atoms with Gasteiger partial charge in [0.1, 0.15) is 0 Å². The van der Waals surface area contributed by atoms with Gasteiger partial charge in [-0.3, -0.25) is 0 Å². The van der Waals surface area contributed by atoms with E-state index >= 15 is 0 Å². The van der Waals surface area contributed by atoms with Crippen LogP contribution < -0.4 is 5.32 Å². The fraction of sp³-hybridized carbons (Fsp3) is 0.0270. The number of nitrogens with one attached hydrogen (secondary N) is 1. The number of benzene rings is 6. The number of rotatable bonds is 5. The Balaban J connectivity index is 1.32. The van der Waals surface area contributed by atoms with E-state index in [4.69, 9.17) is 0 Å². The molecular formula is C37H27N. The maximum atomic E-state index is 3.62. The predicted molar refractivity (Wildman–Crippen MR) is 159 cm³/mol. The summed E-state index contributed by atoms with van der Waals surface area (Å²) in [6.07, 6.45) is 0. The van der Waals surface area contributed by atoms with Gasteiger partial charge in [0.25, 0.3) is 0 Å². The van der Waals surface area contributed by atoms with Crippen LogP contribution >= 0.6 is 0 Å². The van der Waals surface area contributed by atoms with Gasteiger partial charge in [-0.1, -0.05) is 133 Å². The van der Waals surface area contributed by atoms with Crippen molar-refractivity contribution in [1.29, 1.82) is 0 Å². The maximum Gasteiger partial charge on any atom is 0.0713 e. The van der Waals surface area contributed by atoms with Gasteiger partial charge in [-0.2, -0.15) is 0 Å². The third kappa shape index (κ3) is 3.55. The lowest BCUT2D eigenvalue weighted by Crippen LogP contribution is -2.28. The predicted octanol–water partition coefficient (Wildman–Crippen LogP) is 9.46. The monoisotopic (exact) mass is 485 g/mol. The highest BCUT2D eigenvalue weighted by atomic mass is 14.9. The molecule has 7 rings (SSSR count). The summed E-state index contributed by atoms with van der Waals surface area (Å²) < 4.78 is 0. The molecule has 0 fully saturated rings. The molecule has 1 N–H and O–H groups in total. The van der Waals surface area contributed by atoms with Crippen LogP contribution in [0.4, 0.5) is 11.4 Å². The van der Waals surface area contributed by atoms with Crippen LogP contribution in [0.2, 0.25) is 0 Å². The van der Waals surface area contributed by atoms with Crippen molar-refractivity contribution >= 4 is 11.4 Å². The van der Waals surface area contributed by atoms with Crippen LogP contribution in [-0.2, 0) is 5.41 Å². The lowest BCUT2D eigenvalue weighted by molar-refractivity contribution is 0.768. The first-order valence-corrected chi connectivity index (χ1v) is 13.1. The molecular weight excluding hydrogens is 458 g/mol. The Hall–Kier alpha value is -4.88. The third-order valence-corrected chi connectivity index (χ3v) is 7.74. The summed E-state index contributed by atoms with van der Waals surface area (Å²) in [4.78, 5) is 0. The summed E-state index contributed by atoms with van der Waals surface area (Å²) >= 11 is 0. The SMILES string of the molecule is c1ccc(-c2cccc(Nc3ccc(C4(c5ccccc5)c5ccccc5-c5ccccc54)cc3)c2)cc1. The summed E-state index contributed by atoms with van der Waals surface area (Å²) in [6, 6.07) is 56.7. The number of hydrogen-bond acceptors (Lipinski definition) is 1. The molecule has 0 unspecified atom stereocenters. The number of anilines is 2. The topological polar surface area (TPSA) is 12.0 Å². The van der Waals surface area contributed by atoms with E-state index in [0.29, 0.717) is 0 Å². The normalized spacial score (nSPS) is 12.9. The highest BCUT2D eigenvalue weighted by Gasteiger charge is 2.45. The quantitative estimate of drug-likeness (QED) is 0.256. The second kappa shape index (κ2) is 9.21. The highest BCUT2D eigenvalue weighted by molar-refractivity contribution is 5.86. The van der Waals surface area contributed by atoms with E-state index in [0.717, 1.165) is 11.4 Å². The Morgan fingerprint density at radius 3 is 1.55 bits per heavy atom. The first-order valence-electron chi connectivity index (χ1n) is 13.1. The average molecular weight is 486 g/mol. The molecule has 180 valence electrons. The fourth-order valence-corrected chi connectivity index (χ4v) is 6.09. The van der Waals surface area contributed by atoms with Gasteiger partial charge in [0.05, 0.1) is 5.41 Å². The van der Waals surface area contributed by atoms with E-state index in [1.165, 1.54) is 44.5 Å². The van der Waals surface area contributed by atoms with Crippen molar-refractivity contribution in [3.63, 3.8) is 0 Å². The summed E-state index contributed by atoms with van der Waals surface area (Å²) in [6.45, 7) is 0. The van der Waals surface area contributed by atoms with E-state index in [9.17, 15) is 0 Å². The van der Waals surface area contributed by atoms with Crippen LogP contribution in [0.5, 0.6) is 0 Å². The smallest absolute Gasteiger partial charge is 0.0713 e. The molecule has 0 spiro atoms. The van der Waals surface area contributed by atoms with Crippen molar-refractivity contribution in [1.82, 2.24) is 0 Å². The van der Waals surface area contributed by atoms with Gasteiger partial charge in [-0.25, -0.2) is 0 Å². The Morgan fingerprint density at radius 1 is 0.368 bits per heavy atom. The van der Waals surface area contributed by atoms with Crippen molar-refractivity contribution in [2.45, 2.75) is 5.41 Å². The molecule has 0 bridgehead atoms. The van der Waals surface area contributed by atoms with E-state index in [-0.39, 0.29) is 5.41 Å². The van der Waals surface area contributed by atoms with E-state index in [2.05, 4.69) is 163 Å². The molecule has 1 aliphatic rings. The lowest BCUT2D eigenvalue weighted by Gasteiger charge is -2.34. The molecule has 0 heterocycles. The summed E-state index contributed by atoms with van der Waals surface area (Å²) in [5, 5.41) is 3.62. The maximum absolute atomic E-state index is 3.62. The minimum absolute atomic E-state index is 0.361. The molecule has 0 saturated heterocycles. The molecule has 6 aromatic carbocycles. The molecule has 1 nitrogen and oxygen atoms in total. The summed E-state index contributed by atoms with van der Waals surface area (Å²) in [5.41, 5.74) is 12.1. The van der Waals surface area contributed by atoms with Crippen molar-refractivity contribution in [3.8, 4) is 22.3 Å². The molecule has 0 aromatic heterocycles. The Morgan fingerprint density at radius 2 is 0.895 bits per heavy atom. The van der Waals surface area contributed by atoms with Crippen LogP contribution in [-0.4, -0.2) is 0 Å². The first-order chi connectivity index (χ1) is 18.8. The van der Waals surface area contributed by atoms with Crippen LogP contribution in [0, 0.1) is 0 Å². The van der Waals surface area contributed by atoms with Gasteiger partial charge in [0, 0.05) is 11.4 Å². The van der Waals surface area contributed by atoms with Gasteiger partial charge in [0.2, 0.25) is 0 Å². The van der Waals surface area contributed by atoms with E-state index in [1.807, 2.05) is 0 Å². The zero-order valence-corrected chi connectivity index (χ0v) is 21.0. The number of hydrogen-bond donors (Lipinski definition) is 1. The molecule has 38 heavy (non-hydrogen) atoms. The van der Waals surface area contributed by atoms with Crippen molar-refractivity contribution in [2.75, 3.05) is 5.32 Å². The summed E-state index contributed by atoms with van der Waals surface area (Å²) in [5.74, 6) is 0. The van der Waals surface area contributed by atoms with Crippen molar-refractivity contribution in [3.05, 3.63) is 180 Å². The standard InChI is InChI=1S/C37H27N/c1-3-12-27(13-4-1)28-14-11-17-32(26-28)38-31-24-22-30(23-25-31)37(29-15-5-2-6-16-29)35-20-9-7-18-33(35)34-19-8-10-21-36(34)37/h1-26,38H. The second-order valence-electron chi connectivity index (χ2n) is 9.86. The first kappa shape index (κ1) is 22.3. The fourth-order valence-electron chi connectivity index (χ4n) is 6.09. The van der Waals surface area contributed by atoms with Gasteiger partial charge in [-0.05, 0) is 68.8 Å². The Bertz CT molecular complexity index is 1670. The third-order valence-electron chi connectivity index (χ3n) is 7.74. The minimum Gasteiger partial charge on any atom is -0.356 e. The van der Waals surface area contributed by atoms with Crippen LogP contribution in [0.15, 0.2) is 158 Å². The van der Waals surface area contributed by atoms with E-state index in [1.54, 1.807) is 0 Å². The van der Waals surface area contributed by atoms with Crippen molar-refractivity contribution in [2.24, 2.45) is 0 Å². The zero-order valence-electron chi connectivity index (χ0n) is 21.0. The van der Waals surface area contributed by atoms with Gasteiger partial charge in [-0.15, -0.1) is 0 Å². The second-order valence-corrected chi connectivity index (χ2v) is 9.86. The number of fused-ring (bicyclic) bond motifs is 3. The molecule has 0 aliphatic heterocycles. The Labute approximate surface area is 224 Å². The largest absolute Gasteiger partial charge is 0.356 e. The van der Waals surface area contributed by atoms with Gasteiger partial charge >= 0.3 is 0 Å². The zero-order chi connectivity index (χ0) is 25.4. The van der Waals surface area contributed by atoms with Crippen molar-refractivity contribution < 1.29 is 0 Å². The molecule has 0 atom stereocenters. The van der Waals surface area contributed by atoms with Gasteiger partial charge < -0.3 is 5.32 Å². The molecule has 1 heteroatoms. The lowest BCUT2D eigenvalue weighted by atomic mass is 9.68. The summed E-state index contributed by atoms with van der Waals surface area (Å²) in [7, 11) is 0. The average Bonchev–Trinajstić information content (AvgIpc) is 3.30. The van der Waals surface area contributed by atoms with Gasteiger partial charge in [0.15, 0.2) is 0 Å². The van der Waals surface area contributed by atoms with Crippen LogP contribution in [0.3, 0.4) is 0 Å². The molecule has 0 saturated carbocycles. The minimum atomic E-state index is -0.361. The highest BCUT2D eigenvalue weighted by Crippen LogP contribution is 2.55. The molecule has 0 radical (unpaired) electrons. The Kier molecular flexibility index (Phi) is 5.41. The molecule has 0 amide bonds. The molecule has 6 aromatic rings. The van der Waals surface area contributed by atoms with Crippen LogP contribution in [0.25, 0.3) is 22.3 Å². The van der Waals surface area contributed by atoms with Crippen LogP contribution in [0.1, 0.15) is 22.3 Å². The van der Waals surface area contributed by atoms with E-state index < -0.39 is 0 Å². The molecule has 1 aliphatic carbocycles.